The molecule has 0 aliphatic carbocycles. The lowest BCUT2D eigenvalue weighted by Gasteiger charge is -2.19. The van der Waals surface area contributed by atoms with Crippen LogP contribution in [-0.4, -0.2) is 23.3 Å². The Morgan fingerprint density at radius 1 is 0.949 bits per heavy atom. The van der Waals surface area contributed by atoms with Crippen LogP contribution in [0.4, 0.5) is 5.69 Å². The molecule has 1 aliphatic rings. The van der Waals surface area contributed by atoms with E-state index in [0.29, 0.717) is 28.6 Å². The van der Waals surface area contributed by atoms with E-state index < -0.39 is 0 Å². The highest BCUT2D eigenvalue weighted by molar-refractivity contribution is 8.93. The molecule has 0 spiro atoms. The number of rotatable bonds is 18. The van der Waals surface area contributed by atoms with Gasteiger partial charge in [-0.05, 0) is 48.6 Å². The van der Waals surface area contributed by atoms with Crippen molar-refractivity contribution in [3.05, 3.63) is 69.7 Å². The summed E-state index contributed by atoms with van der Waals surface area (Å²) < 4.78 is 6.06. The summed E-state index contributed by atoms with van der Waals surface area (Å²) in [7, 11) is 0. The van der Waals surface area contributed by atoms with Gasteiger partial charge in [0.05, 0.1) is 18.2 Å². The van der Waals surface area contributed by atoms with E-state index in [1.54, 1.807) is 23.9 Å². The first-order chi connectivity index (χ1) is 18.6. The number of hydrogen-bond acceptors (Lipinski definition) is 4. The van der Waals surface area contributed by atoms with Gasteiger partial charge in [-0.1, -0.05) is 101 Å². The third-order valence-electron chi connectivity index (χ3n) is 6.99. The van der Waals surface area contributed by atoms with Crippen LogP contribution in [-0.2, 0) is 6.54 Å². The van der Waals surface area contributed by atoms with Crippen LogP contribution in [0.15, 0.2) is 53.6 Å². The Hall–Kier alpha value is -1.63. The standard InChI is InChI=1S/C32H45ClN2O2S.BrH/c1-3-4-5-6-7-8-9-10-11-12-13-14-20-37-31-22-29(33)18-19-30(31)34-32(36)28-17-15-16-27(21-28)23-35-25-38-24-26(35)2;/h15-19,21-22,24H,3-14,20,23,25H2,1-2H3,(H,34,36);1H. The predicted octanol–water partition coefficient (Wildman–Crippen LogP) is 10.6. The molecule has 0 atom stereocenters. The van der Waals surface area contributed by atoms with Crippen molar-refractivity contribution in [2.45, 2.75) is 97.4 Å². The Bertz CT molecular complexity index is 1030. The van der Waals surface area contributed by atoms with E-state index in [9.17, 15) is 4.79 Å². The first-order valence-corrected chi connectivity index (χ1v) is 15.9. The van der Waals surface area contributed by atoms with Gasteiger partial charge in [0.25, 0.3) is 5.91 Å². The summed E-state index contributed by atoms with van der Waals surface area (Å²) in [5.41, 5.74) is 3.67. The Morgan fingerprint density at radius 2 is 1.62 bits per heavy atom. The van der Waals surface area contributed by atoms with E-state index >= 15 is 0 Å². The average Bonchev–Trinajstić information content (AvgIpc) is 3.32. The van der Waals surface area contributed by atoms with Crippen LogP contribution in [0.3, 0.4) is 0 Å². The molecule has 1 amide bonds. The van der Waals surface area contributed by atoms with Crippen molar-refractivity contribution in [3.63, 3.8) is 0 Å². The third-order valence-corrected chi connectivity index (χ3v) is 8.20. The number of carbonyl (C=O) groups excluding carboxylic acids is 1. The molecule has 0 fully saturated rings. The maximum absolute atomic E-state index is 13.1. The number of amides is 1. The summed E-state index contributed by atoms with van der Waals surface area (Å²) in [6.45, 7) is 5.81. The van der Waals surface area contributed by atoms with E-state index in [2.05, 4.69) is 35.5 Å². The van der Waals surface area contributed by atoms with Gasteiger partial charge in [0.1, 0.15) is 5.75 Å². The molecule has 1 aliphatic heterocycles. The predicted molar refractivity (Wildman–Crippen MR) is 175 cm³/mol. The topological polar surface area (TPSA) is 41.6 Å². The molecule has 216 valence electrons. The lowest BCUT2D eigenvalue weighted by molar-refractivity contribution is 0.102. The van der Waals surface area contributed by atoms with E-state index in [1.807, 2.05) is 24.3 Å². The summed E-state index contributed by atoms with van der Waals surface area (Å²) in [5, 5.41) is 5.80. The number of nitrogens with one attached hydrogen (secondary N) is 1. The first kappa shape index (κ1) is 33.6. The first-order valence-electron chi connectivity index (χ1n) is 14.4. The van der Waals surface area contributed by atoms with Crippen molar-refractivity contribution >= 4 is 51.9 Å². The van der Waals surface area contributed by atoms with Gasteiger partial charge in [0.15, 0.2) is 0 Å². The molecule has 0 saturated heterocycles. The fourth-order valence-electron chi connectivity index (χ4n) is 4.66. The fraction of sp³-hybridized carbons (Fsp3) is 0.531. The maximum atomic E-state index is 13.1. The average molecular weight is 638 g/mol. The number of anilines is 1. The molecule has 2 aromatic carbocycles. The molecule has 2 aromatic rings. The molecule has 7 heteroatoms. The summed E-state index contributed by atoms with van der Waals surface area (Å²) in [6, 6.07) is 13.2. The lowest BCUT2D eigenvalue weighted by atomic mass is 10.1. The minimum Gasteiger partial charge on any atom is -0.491 e. The molecule has 1 N–H and O–H groups in total. The van der Waals surface area contributed by atoms with Crippen LogP contribution in [0.2, 0.25) is 5.02 Å². The Morgan fingerprint density at radius 3 is 2.26 bits per heavy atom. The summed E-state index contributed by atoms with van der Waals surface area (Å²) in [4.78, 5) is 15.4. The molecule has 0 saturated carbocycles. The van der Waals surface area contributed by atoms with Crippen LogP contribution >= 0.6 is 40.3 Å². The summed E-state index contributed by atoms with van der Waals surface area (Å²) in [5.74, 6) is 1.43. The van der Waals surface area contributed by atoms with Crippen molar-refractivity contribution in [3.8, 4) is 5.75 Å². The van der Waals surface area contributed by atoms with Gasteiger partial charge < -0.3 is 15.0 Å². The molecular weight excluding hydrogens is 592 g/mol. The number of unbranched alkanes of at least 4 members (excludes halogenated alkanes) is 11. The van der Waals surface area contributed by atoms with Crippen LogP contribution in [0.25, 0.3) is 0 Å². The number of nitrogens with zero attached hydrogens (tertiary/aromatic N) is 1. The molecule has 39 heavy (non-hydrogen) atoms. The van der Waals surface area contributed by atoms with Crippen molar-refractivity contribution in [2.75, 3.05) is 17.8 Å². The second kappa shape index (κ2) is 19.4. The fourth-order valence-corrected chi connectivity index (χ4v) is 5.77. The number of ether oxygens (including phenoxy) is 1. The number of hydrogen-bond donors (Lipinski definition) is 1. The molecule has 1 heterocycles. The largest absolute Gasteiger partial charge is 0.491 e. The van der Waals surface area contributed by atoms with Gasteiger partial charge in [-0.25, -0.2) is 0 Å². The van der Waals surface area contributed by atoms with Crippen LogP contribution in [0, 0.1) is 0 Å². The summed E-state index contributed by atoms with van der Waals surface area (Å²) in [6.07, 6.45) is 15.7. The van der Waals surface area contributed by atoms with Crippen LogP contribution < -0.4 is 10.1 Å². The zero-order valence-electron chi connectivity index (χ0n) is 23.7. The number of halogens is 2. The second-order valence-electron chi connectivity index (χ2n) is 10.3. The van der Waals surface area contributed by atoms with E-state index in [0.717, 1.165) is 30.8 Å². The molecule has 4 nitrogen and oxygen atoms in total. The maximum Gasteiger partial charge on any atom is 0.255 e. The number of benzene rings is 2. The van der Waals surface area contributed by atoms with Gasteiger partial charge in [-0.2, -0.15) is 0 Å². The van der Waals surface area contributed by atoms with Gasteiger partial charge in [-0.3, -0.25) is 4.79 Å². The van der Waals surface area contributed by atoms with Crippen molar-refractivity contribution in [2.24, 2.45) is 0 Å². The van der Waals surface area contributed by atoms with Crippen molar-refractivity contribution in [1.82, 2.24) is 4.90 Å². The minimum absolute atomic E-state index is 0. The Balaban J connectivity index is 0.00000533. The smallest absolute Gasteiger partial charge is 0.255 e. The highest BCUT2D eigenvalue weighted by Crippen LogP contribution is 2.29. The number of allylic oxidation sites excluding steroid dienone is 1. The van der Waals surface area contributed by atoms with Crippen molar-refractivity contribution < 1.29 is 9.53 Å². The van der Waals surface area contributed by atoms with Gasteiger partial charge >= 0.3 is 0 Å². The van der Waals surface area contributed by atoms with Crippen molar-refractivity contribution in [1.29, 1.82) is 0 Å². The Labute approximate surface area is 256 Å². The minimum atomic E-state index is -0.146. The monoisotopic (exact) mass is 636 g/mol. The van der Waals surface area contributed by atoms with Gasteiger partial charge in [-0.15, -0.1) is 28.7 Å². The molecule has 3 rings (SSSR count). The molecule has 0 unspecified atom stereocenters. The lowest BCUT2D eigenvalue weighted by Crippen LogP contribution is -2.18. The van der Waals surface area contributed by atoms with E-state index in [4.69, 9.17) is 16.3 Å². The molecule has 0 radical (unpaired) electrons. The second-order valence-corrected chi connectivity index (χ2v) is 11.5. The van der Waals surface area contributed by atoms with E-state index in [1.165, 1.54) is 69.9 Å². The molecule has 0 bridgehead atoms. The van der Waals surface area contributed by atoms with Crippen LogP contribution in [0.1, 0.15) is 107 Å². The highest BCUT2D eigenvalue weighted by atomic mass is 79.9. The van der Waals surface area contributed by atoms with Gasteiger partial charge in [0, 0.05) is 28.9 Å². The molecule has 0 aromatic heterocycles. The summed E-state index contributed by atoms with van der Waals surface area (Å²) >= 11 is 8.04. The highest BCUT2D eigenvalue weighted by Gasteiger charge is 2.15. The zero-order chi connectivity index (χ0) is 27.0. The quantitative estimate of drug-likeness (QED) is 0.165. The SMILES string of the molecule is Br.CCCCCCCCCCCCCCOc1cc(Cl)ccc1NC(=O)c1cccc(CN2CSC=C2C)c1. The number of carbonyl (C=O) groups is 1. The zero-order valence-corrected chi connectivity index (χ0v) is 27.0. The van der Waals surface area contributed by atoms with Crippen LogP contribution in [0.5, 0.6) is 5.75 Å². The van der Waals surface area contributed by atoms with Gasteiger partial charge in [0.2, 0.25) is 0 Å². The third kappa shape index (κ3) is 12.6. The number of thioether (sulfide) groups is 1. The van der Waals surface area contributed by atoms with E-state index in [-0.39, 0.29) is 22.9 Å². The Kier molecular flexibility index (Phi) is 16.7. The molecular formula is C32H46BrClN2O2S. The normalized spacial score (nSPS) is 12.7.